The van der Waals surface area contributed by atoms with Crippen LogP contribution in [0.3, 0.4) is 0 Å². The third-order valence-corrected chi connectivity index (χ3v) is 3.04. The largest absolute Gasteiger partial charge is 0.468 e. The molecule has 0 bridgehead atoms. The Balaban J connectivity index is 2.58. The number of hydrogen-bond acceptors (Lipinski definition) is 3. The van der Waals surface area contributed by atoms with Crippen molar-refractivity contribution < 1.29 is 9.53 Å². The first-order valence-corrected chi connectivity index (χ1v) is 6.04. The SMILES string of the molecule is CCC(C)C(NCc1ccccc1)C(=O)OC. The van der Waals surface area contributed by atoms with Crippen molar-refractivity contribution >= 4 is 5.97 Å². The Morgan fingerprint density at radius 1 is 1.35 bits per heavy atom. The molecule has 0 radical (unpaired) electrons. The summed E-state index contributed by atoms with van der Waals surface area (Å²) >= 11 is 0. The summed E-state index contributed by atoms with van der Waals surface area (Å²) < 4.78 is 4.82. The number of carbonyl (C=O) groups excluding carboxylic acids is 1. The molecule has 94 valence electrons. The Hall–Kier alpha value is -1.35. The van der Waals surface area contributed by atoms with Gasteiger partial charge in [0.15, 0.2) is 0 Å². The van der Waals surface area contributed by atoms with Crippen LogP contribution in [0.2, 0.25) is 0 Å². The number of benzene rings is 1. The van der Waals surface area contributed by atoms with Crippen LogP contribution in [0.1, 0.15) is 25.8 Å². The van der Waals surface area contributed by atoms with E-state index in [4.69, 9.17) is 4.74 Å². The Kier molecular flexibility index (Phi) is 5.70. The van der Waals surface area contributed by atoms with Crippen molar-refractivity contribution in [3.8, 4) is 0 Å². The molecule has 2 atom stereocenters. The van der Waals surface area contributed by atoms with E-state index < -0.39 is 0 Å². The monoisotopic (exact) mass is 235 g/mol. The summed E-state index contributed by atoms with van der Waals surface area (Å²) in [7, 11) is 1.43. The third-order valence-electron chi connectivity index (χ3n) is 3.04. The highest BCUT2D eigenvalue weighted by atomic mass is 16.5. The van der Waals surface area contributed by atoms with Crippen LogP contribution >= 0.6 is 0 Å². The number of carbonyl (C=O) groups is 1. The summed E-state index contributed by atoms with van der Waals surface area (Å²) in [6.07, 6.45) is 0.946. The Morgan fingerprint density at radius 3 is 2.53 bits per heavy atom. The van der Waals surface area contributed by atoms with Gasteiger partial charge in [0.05, 0.1) is 7.11 Å². The van der Waals surface area contributed by atoms with E-state index in [0.29, 0.717) is 6.54 Å². The normalized spacial score (nSPS) is 14.1. The zero-order valence-electron chi connectivity index (χ0n) is 10.8. The average Bonchev–Trinajstić information content (AvgIpc) is 2.39. The molecular weight excluding hydrogens is 214 g/mol. The summed E-state index contributed by atoms with van der Waals surface area (Å²) in [5, 5.41) is 3.26. The third kappa shape index (κ3) is 4.19. The molecule has 1 rings (SSSR count). The van der Waals surface area contributed by atoms with Gasteiger partial charge in [-0.15, -0.1) is 0 Å². The van der Waals surface area contributed by atoms with E-state index in [2.05, 4.69) is 19.2 Å². The van der Waals surface area contributed by atoms with Crippen molar-refractivity contribution in [2.45, 2.75) is 32.9 Å². The fourth-order valence-corrected chi connectivity index (χ4v) is 1.70. The van der Waals surface area contributed by atoms with Gasteiger partial charge < -0.3 is 10.1 Å². The number of nitrogens with one attached hydrogen (secondary N) is 1. The Bertz CT molecular complexity index is 337. The van der Waals surface area contributed by atoms with Crippen LogP contribution in [-0.2, 0) is 16.1 Å². The molecule has 0 saturated carbocycles. The summed E-state index contributed by atoms with van der Waals surface area (Å²) in [4.78, 5) is 11.6. The zero-order valence-corrected chi connectivity index (χ0v) is 10.8. The first-order chi connectivity index (χ1) is 8.19. The second-order valence-corrected chi connectivity index (χ2v) is 4.25. The fraction of sp³-hybridized carbons (Fsp3) is 0.500. The molecule has 1 aromatic carbocycles. The first-order valence-electron chi connectivity index (χ1n) is 6.04. The van der Waals surface area contributed by atoms with Gasteiger partial charge in [-0.05, 0) is 11.5 Å². The summed E-state index contributed by atoms with van der Waals surface area (Å²) in [6, 6.07) is 9.82. The minimum absolute atomic E-state index is 0.185. The van der Waals surface area contributed by atoms with Crippen LogP contribution < -0.4 is 5.32 Å². The predicted molar refractivity (Wildman–Crippen MR) is 68.5 cm³/mol. The van der Waals surface area contributed by atoms with Gasteiger partial charge in [-0.25, -0.2) is 0 Å². The van der Waals surface area contributed by atoms with Crippen molar-refractivity contribution in [2.75, 3.05) is 7.11 Å². The van der Waals surface area contributed by atoms with Gasteiger partial charge in [0, 0.05) is 6.54 Å². The molecule has 3 heteroatoms. The molecule has 0 spiro atoms. The van der Waals surface area contributed by atoms with E-state index >= 15 is 0 Å². The average molecular weight is 235 g/mol. The first kappa shape index (κ1) is 13.7. The summed E-state index contributed by atoms with van der Waals surface area (Å²) in [5.41, 5.74) is 1.17. The van der Waals surface area contributed by atoms with Gasteiger partial charge >= 0.3 is 5.97 Å². The Labute approximate surface area is 103 Å². The van der Waals surface area contributed by atoms with Crippen molar-refractivity contribution in [2.24, 2.45) is 5.92 Å². The van der Waals surface area contributed by atoms with Crippen LogP contribution in [-0.4, -0.2) is 19.1 Å². The minimum atomic E-state index is -0.231. The van der Waals surface area contributed by atoms with E-state index in [0.717, 1.165) is 6.42 Å². The van der Waals surface area contributed by atoms with Crippen molar-refractivity contribution in [3.05, 3.63) is 35.9 Å². The molecule has 1 aromatic rings. The molecule has 0 saturated heterocycles. The lowest BCUT2D eigenvalue weighted by molar-refractivity contribution is -0.144. The van der Waals surface area contributed by atoms with Crippen molar-refractivity contribution in [1.29, 1.82) is 0 Å². The van der Waals surface area contributed by atoms with Crippen molar-refractivity contribution in [1.82, 2.24) is 5.32 Å². The summed E-state index contributed by atoms with van der Waals surface area (Å²) in [6.45, 7) is 4.81. The molecule has 0 heterocycles. The molecule has 0 aliphatic carbocycles. The van der Waals surface area contributed by atoms with Crippen LogP contribution in [0.25, 0.3) is 0 Å². The van der Waals surface area contributed by atoms with E-state index in [1.165, 1.54) is 12.7 Å². The number of ether oxygens (including phenoxy) is 1. The lowest BCUT2D eigenvalue weighted by Gasteiger charge is -2.21. The standard InChI is InChI=1S/C14H21NO2/c1-4-11(2)13(14(16)17-3)15-10-12-8-6-5-7-9-12/h5-9,11,13,15H,4,10H2,1-3H3. The molecule has 0 aliphatic heterocycles. The smallest absolute Gasteiger partial charge is 0.323 e. The second kappa shape index (κ2) is 7.07. The molecule has 1 N–H and O–H groups in total. The Morgan fingerprint density at radius 2 is 2.00 bits per heavy atom. The maximum atomic E-state index is 11.6. The van der Waals surface area contributed by atoms with Crippen molar-refractivity contribution in [3.63, 3.8) is 0 Å². The van der Waals surface area contributed by atoms with E-state index in [1.54, 1.807) is 0 Å². The molecule has 17 heavy (non-hydrogen) atoms. The molecular formula is C14H21NO2. The highest BCUT2D eigenvalue weighted by Crippen LogP contribution is 2.10. The molecule has 0 aromatic heterocycles. The number of methoxy groups -OCH3 is 1. The fourth-order valence-electron chi connectivity index (χ4n) is 1.70. The van der Waals surface area contributed by atoms with Gasteiger partial charge in [-0.3, -0.25) is 4.79 Å². The quantitative estimate of drug-likeness (QED) is 0.769. The van der Waals surface area contributed by atoms with Crippen LogP contribution in [0.5, 0.6) is 0 Å². The van der Waals surface area contributed by atoms with E-state index in [1.807, 2.05) is 30.3 Å². The molecule has 0 amide bonds. The lowest BCUT2D eigenvalue weighted by atomic mass is 9.99. The van der Waals surface area contributed by atoms with Crippen LogP contribution in [0.4, 0.5) is 0 Å². The van der Waals surface area contributed by atoms with E-state index in [-0.39, 0.29) is 17.9 Å². The lowest BCUT2D eigenvalue weighted by Crippen LogP contribution is -2.42. The van der Waals surface area contributed by atoms with Gasteiger partial charge in [0.2, 0.25) is 0 Å². The van der Waals surface area contributed by atoms with Gasteiger partial charge in [-0.1, -0.05) is 50.6 Å². The second-order valence-electron chi connectivity index (χ2n) is 4.25. The highest BCUT2D eigenvalue weighted by molar-refractivity contribution is 5.75. The van der Waals surface area contributed by atoms with Crippen LogP contribution in [0.15, 0.2) is 30.3 Å². The molecule has 0 fully saturated rings. The topological polar surface area (TPSA) is 38.3 Å². The maximum Gasteiger partial charge on any atom is 0.323 e. The zero-order chi connectivity index (χ0) is 12.7. The number of esters is 1. The number of hydrogen-bond donors (Lipinski definition) is 1. The minimum Gasteiger partial charge on any atom is -0.468 e. The molecule has 3 nitrogen and oxygen atoms in total. The maximum absolute atomic E-state index is 11.6. The van der Waals surface area contributed by atoms with Crippen LogP contribution in [0, 0.1) is 5.92 Å². The van der Waals surface area contributed by atoms with Gasteiger partial charge in [0.1, 0.15) is 6.04 Å². The number of rotatable bonds is 6. The van der Waals surface area contributed by atoms with Gasteiger partial charge in [-0.2, -0.15) is 0 Å². The highest BCUT2D eigenvalue weighted by Gasteiger charge is 2.23. The van der Waals surface area contributed by atoms with E-state index in [9.17, 15) is 4.79 Å². The van der Waals surface area contributed by atoms with Gasteiger partial charge in [0.25, 0.3) is 0 Å². The summed E-state index contributed by atoms with van der Waals surface area (Å²) in [5.74, 6) is 0.0847. The molecule has 2 unspecified atom stereocenters. The molecule has 0 aliphatic rings. The predicted octanol–water partition coefficient (Wildman–Crippen LogP) is 2.36.